The van der Waals surface area contributed by atoms with E-state index in [2.05, 4.69) is 4.90 Å². The minimum atomic E-state index is -4.71. The van der Waals surface area contributed by atoms with Gasteiger partial charge in [-0.05, 0) is 37.2 Å². The van der Waals surface area contributed by atoms with Gasteiger partial charge in [0.1, 0.15) is 5.82 Å². The maximum atomic E-state index is 13.4. The van der Waals surface area contributed by atoms with Gasteiger partial charge in [-0.15, -0.1) is 0 Å². The lowest BCUT2D eigenvalue weighted by molar-refractivity contribution is -0.140. The number of nitrogens with zero attached hydrogens (tertiary/aromatic N) is 1. The van der Waals surface area contributed by atoms with Gasteiger partial charge in [-0.25, -0.2) is 4.39 Å². The maximum absolute atomic E-state index is 13.4. The zero-order valence-electron chi connectivity index (χ0n) is 11.5. The molecule has 0 aliphatic carbocycles. The number of hydrogen-bond acceptors (Lipinski definition) is 2. The van der Waals surface area contributed by atoms with E-state index in [9.17, 15) is 22.7 Å². The van der Waals surface area contributed by atoms with Gasteiger partial charge in [-0.3, -0.25) is 0 Å². The lowest BCUT2D eigenvalue weighted by atomic mass is 10.0. The molecule has 0 saturated carbocycles. The van der Waals surface area contributed by atoms with Crippen LogP contribution in [0.2, 0.25) is 0 Å². The lowest BCUT2D eigenvalue weighted by Gasteiger charge is -2.20. The molecule has 1 N–H and O–H groups in total. The summed E-state index contributed by atoms with van der Waals surface area (Å²) in [6, 6.07) is 2.56. The number of alkyl halides is 3. The van der Waals surface area contributed by atoms with Crippen LogP contribution in [0.15, 0.2) is 18.2 Å². The molecule has 0 bridgehead atoms. The molecule has 1 atom stereocenters. The van der Waals surface area contributed by atoms with E-state index in [0.29, 0.717) is 19.0 Å². The summed E-state index contributed by atoms with van der Waals surface area (Å²) in [6.45, 7) is 6.22. The summed E-state index contributed by atoms with van der Waals surface area (Å²) in [7, 11) is 0. The van der Waals surface area contributed by atoms with Gasteiger partial charge in [0.05, 0.1) is 11.7 Å². The average molecular weight is 293 g/mol. The van der Waals surface area contributed by atoms with Crippen molar-refractivity contribution in [3.8, 4) is 0 Å². The van der Waals surface area contributed by atoms with Crippen molar-refractivity contribution in [2.75, 3.05) is 19.6 Å². The van der Waals surface area contributed by atoms with Gasteiger partial charge in [0.2, 0.25) is 0 Å². The Morgan fingerprint density at radius 2 is 1.80 bits per heavy atom. The molecule has 1 rings (SSSR count). The number of hydrogen-bond donors (Lipinski definition) is 1. The first kappa shape index (κ1) is 16.9. The third kappa shape index (κ3) is 4.45. The van der Waals surface area contributed by atoms with Crippen molar-refractivity contribution in [1.29, 1.82) is 0 Å². The summed E-state index contributed by atoms with van der Waals surface area (Å²) in [5.74, 6) is -1.35. The molecule has 0 amide bonds. The number of aliphatic hydroxyl groups is 1. The topological polar surface area (TPSA) is 23.5 Å². The summed E-state index contributed by atoms with van der Waals surface area (Å²) in [4.78, 5) is 2.07. The van der Waals surface area contributed by atoms with E-state index >= 15 is 0 Å². The smallest absolute Gasteiger partial charge is 0.388 e. The van der Waals surface area contributed by atoms with E-state index in [1.54, 1.807) is 0 Å². The molecule has 0 heterocycles. The molecule has 1 aromatic rings. The van der Waals surface area contributed by atoms with Gasteiger partial charge in [-0.2, -0.15) is 13.2 Å². The molecule has 0 fully saturated rings. The Labute approximate surface area is 116 Å². The highest BCUT2D eigenvalue weighted by molar-refractivity contribution is 5.27. The van der Waals surface area contributed by atoms with Crippen LogP contribution in [0.3, 0.4) is 0 Å². The summed E-state index contributed by atoms with van der Waals surface area (Å²) in [6.07, 6.45) is -5.33. The Morgan fingerprint density at radius 1 is 1.20 bits per heavy atom. The van der Waals surface area contributed by atoms with Gasteiger partial charge in [0, 0.05) is 6.54 Å². The van der Waals surface area contributed by atoms with Crippen molar-refractivity contribution in [2.45, 2.75) is 32.5 Å². The highest BCUT2D eigenvalue weighted by Crippen LogP contribution is 2.32. The second-order valence-electron chi connectivity index (χ2n) is 4.57. The van der Waals surface area contributed by atoms with Crippen molar-refractivity contribution < 1.29 is 22.7 Å². The lowest BCUT2D eigenvalue weighted by Crippen LogP contribution is -2.25. The van der Waals surface area contributed by atoms with E-state index in [1.165, 1.54) is 0 Å². The van der Waals surface area contributed by atoms with E-state index in [0.717, 1.165) is 25.2 Å². The second-order valence-corrected chi connectivity index (χ2v) is 4.57. The number of aliphatic hydroxyl groups excluding tert-OH is 1. The highest BCUT2D eigenvalue weighted by atomic mass is 19.4. The van der Waals surface area contributed by atoms with E-state index in [-0.39, 0.29) is 5.56 Å². The zero-order valence-corrected chi connectivity index (χ0v) is 11.5. The zero-order chi connectivity index (χ0) is 15.3. The van der Waals surface area contributed by atoms with Crippen LogP contribution in [-0.2, 0) is 6.18 Å². The van der Waals surface area contributed by atoms with E-state index in [1.807, 2.05) is 13.8 Å². The minimum Gasteiger partial charge on any atom is -0.388 e. The summed E-state index contributed by atoms with van der Waals surface area (Å²) in [5.41, 5.74) is -1.14. The number of rotatable bonds is 6. The van der Waals surface area contributed by atoms with Gasteiger partial charge in [0.15, 0.2) is 0 Å². The normalized spacial score (nSPS) is 13.8. The quantitative estimate of drug-likeness (QED) is 0.810. The van der Waals surface area contributed by atoms with Crippen molar-refractivity contribution >= 4 is 0 Å². The standard InChI is InChI=1S/C14H19F4NO/c1-3-19(4-2)8-7-13(20)10-5-6-11(12(15)9-10)14(16,17)18/h5-6,9,13,20H,3-4,7-8H2,1-2H3. The Kier molecular flexibility index (Phi) is 5.95. The van der Waals surface area contributed by atoms with Crippen LogP contribution >= 0.6 is 0 Å². The largest absolute Gasteiger partial charge is 0.419 e. The average Bonchev–Trinajstić information content (AvgIpc) is 2.38. The van der Waals surface area contributed by atoms with E-state index in [4.69, 9.17) is 0 Å². The molecule has 0 aliphatic rings. The van der Waals surface area contributed by atoms with E-state index < -0.39 is 23.7 Å². The second kappa shape index (κ2) is 7.04. The molecule has 114 valence electrons. The van der Waals surface area contributed by atoms with Gasteiger partial charge >= 0.3 is 6.18 Å². The van der Waals surface area contributed by atoms with Crippen LogP contribution in [0.25, 0.3) is 0 Å². The molecule has 6 heteroatoms. The molecular weight excluding hydrogens is 274 g/mol. The summed E-state index contributed by atoms with van der Waals surface area (Å²) in [5, 5.41) is 9.90. The molecule has 1 aromatic carbocycles. The molecule has 0 aliphatic heterocycles. The fraction of sp³-hybridized carbons (Fsp3) is 0.571. The SMILES string of the molecule is CCN(CC)CCC(O)c1ccc(C(F)(F)F)c(F)c1. The Morgan fingerprint density at radius 3 is 2.25 bits per heavy atom. The molecule has 20 heavy (non-hydrogen) atoms. The fourth-order valence-electron chi connectivity index (χ4n) is 1.98. The van der Waals surface area contributed by atoms with Crippen molar-refractivity contribution in [2.24, 2.45) is 0 Å². The Hall–Kier alpha value is -1.14. The molecule has 0 saturated heterocycles. The predicted octanol–water partition coefficient (Wildman–Crippen LogP) is 3.61. The van der Waals surface area contributed by atoms with Crippen LogP contribution in [-0.4, -0.2) is 29.6 Å². The van der Waals surface area contributed by atoms with Gasteiger partial charge in [0.25, 0.3) is 0 Å². The molecular formula is C14H19F4NO. The van der Waals surface area contributed by atoms with Crippen LogP contribution in [0, 0.1) is 5.82 Å². The van der Waals surface area contributed by atoms with Crippen LogP contribution in [0.5, 0.6) is 0 Å². The first-order chi connectivity index (χ1) is 9.29. The first-order valence-electron chi connectivity index (χ1n) is 6.56. The molecule has 0 aromatic heterocycles. The Bertz CT molecular complexity index is 430. The molecule has 0 spiro atoms. The number of benzene rings is 1. The van der Waals surface area contributed by atoms with Crippen molar-refractivity contribution in [3.63, 3.8) is 0 Å². The van der Waals surface area contributed by atoms with Crippen LogP contribution < -0.4 is 0 Å². The number of halogens is 4. The van der Waals surface area contributed by atoms with Gasteiger partial charge in [-0.1, -0.05) is 19.9 Å². The molecule has 2 nitrogen and oxygen atoms in total. The van der Waals surface area contributed by atoms with Crippen molar-refractivity contribution in [1.82, 2.24) is 4.90 Å². The minimum absolute atomic E-state index is 0.169. The Balaban J connectivity index is 2.75. The summed E-state index contributed by atoms with van der Waals surface area (Å²) >= 11 is 0. The highest BCUT2D eigenvalue weighted by Gasteiger charge is 2.34. The van der Waals surface area contributed by atoms with Gasteiger partial charge < -0.3 is 10.0 Å². The first-order valence-corrected chi connectivity index (χ1v) is 6.56. The maximum Gasteiger partial charge on any atom is 0.419 e. The monoisotopic (exact) mass is 293 g/mol. The predicted molar refractivity (Wildman–Crippen MR) is 68.8 cm³/mol. The van der Waals surface area contributed by atoms with Crippen LogP contribution in [0.4, 0.5) is 17.6 Å². The third-order valence-corrected chi connectivity index (χ3v) is 3.30. The molecule has 1 unspecified atom stereocenters. The third-order valence-electron chi connectivity index (χ3n) is 3.30. The van der Waals surface area contributed by atoms with Crippen molar-refractivity contribution in [3.05, 3.63) is 35.1 Å². The molecule has 0 radical (unpaired) electrons. The van der Waals surface area contributed by atoms with Crippen LogP contribution in [0.1, 0.15) is 37.5 Å². The fourth-order valence-corrected chi connectivity index (χ4v) is 1.98. The summed E-state index contributed by atoms with van der Waals surface area (Å²) < 4.78 is 50.6.